The van der Waals surface area contributed by atoms with Gasteiger partial charge in [-0.15, -0.1) is 0 Å². The fraction of sp³-hybridized carbons (Fsp3) is 0.769. The van der Waals surface area contributed by atoms with Gasteiger partial charge in [0.15, 0.2) is 0 Å². The lowest BCUT2D eigenvalue weighted by Crippen LogP contribution is -2.55. The first kappa shape index (κ1) is 13.8. The average Bonchev–Trinajstić information content (AvgIpc) is 2.68. The third-order valence-electron chi connectivity index (χ3n) is 4.26. The summed E-state index contributed by atoms with van der Waals surface area (Å²) in [7, 11) is 0. The van der Waals surface area contributed by atoms with Crippen LogP contribution in [-0.4, -0.2) is 58.9 Å². The molecule has 0 aromatic heterocycles. The first-order chi connectivity index (χ1) is 8.93. The van der Waals surface area contributed by atoms with E-state index in [1.165, 1.54) is 0 Å². The van der Waals surface area contributed by atoms with E-state index in [2.05, 4.69) is 0 Å². The first-order valence-electron chi connectivity index (χ1n) is 6.73. The third-order valence-corrected chi connectivity index (χ3v) is 4.26. The number of rotatable bonds is 4. The molecule has 2 fully saturated rings. The van der Waals surface area contributed by atoms with Crippen LogP contribution in [-0.2, 0) is 14.4 Å². The van der Waals surface area contributed by atoms with Crippen LogP contribution in [0.2, 0.25) is 0 Å². The van der Waals surface area contributed by atoms with Gasteiger partial charge in [-0.25, -0.2) is 0 Å². The average molecular weight is 268 g/mol. The molecule has 2 atom stereocenters. The molecule has 6 heteroatoms. The molecule has 6 nitrogen and oxygen atoms in total. The van der Waals surface area contributed by atoms with E-state index >= 15 is 0 Å². The zero-order chi connectivity index (χ0) is 14.2. The monoisotopic (exact) mass is 268 g/mol. The van der Waals surface area contributed by atoms with E-state index in [0.29, 0.717) is 32.6 Å². The Labute approximate surface area is 112 Å². The van der Waals surface area contributed by atoms with Gasteiger partial charge < -0.3 is 14.9 Å². The minimum atomic E-state index is -0.815. The number of aliphatic carboxylic acids is 1. The Hall–Kier alpha value is -1.59. The maximum atomic E-state index is 12.2. The third kappa shape index (κ3) is 2.57. The fourth-order valence-corrected chi connectivity index (χ4v) is 2.71. The second-order valence-electron chi connectivity index (χ2n) is 5.46. The van der Waals surface area contributed by atoms with Crippen molar-refractivity contribution in [3.05, 3.63) is 0 Å². The van der Waals surface area contributed by atoms with Gasteiger partial charge in [0.1, 0.15) is 0 Å². The summed E-state index contributed by atoms with van der Waals surface area (Å²) in [6, 6.07) is 0. The van der Waals surface area contributed by atoms with E-state index in [4.69, 9.17) is 5.11 Å². The maximum absolute atomic E-state index is 12.2. The minimum Gasteiger partial charge on any atom is -0.481 e. The summed E-state index contributed by atoms with van der Waals surface area (Å²) < 4.78 is 0. The van der Waals surface area contributed by atoms with Gasteiger partial charge in [-0.2, -0.15) is 0 Å². The summed E-state index contributed by atoms with van der Waals surface area (Å²) in [6.07, 6.45) is 0.294. The highest BCUT2D eigenvalue weighted by Crippen LogP contribution is 2.28. The van der Waals surface area contributed by atoms with E-state index in [-0.39, 0.29) is 23.7 Å². The van der Waals surface area contributed by atoms with Crippen LogP contribution in [0, 0.1) is 17.8 Å². The summed E-state index contributed by atoms with van der Waals surface area (Å²) in [5, 5.41) is 8.90. The molecule has 0 saturated carbocycles. The quantitative estimate of drug-likeness (QED) is 0.780. The van der Waals surface area contributed by atoms with Crippen LogP contribution in [0.3, 0.4) is 0 Å². The molecule has 0 spiro atoms. The lowest BCUT2D eigenvalue weighted by atomic mass is 9.86. The molecule has 106 valence electrons. The van der Waals surface area contributed by atoms with Gasteiger partial charge >= 0.3 is 5.97 Å². The molecule has 2 heterocycles. The number of carbonyl (C=O) groups excluding carboxylic acids is 2. The van der Waals surface area contributed by atoms with E-state index in [1.54, 1.807) is 16.7 Å². The maximum Gasteiger partial charge on any atom is 0.306 e. The van der Waals surface area contributed by atoms with Gasteiger partial charge in [0.05, 0.1) is 11.8 Å². The van der Waals surface area contributed by atoms with Crippen molar-refractivity contribution >= 4 is 17.8 Å². The number of nitrogens with zero attached hydrogens (tertiary/aromatic N) is 2. The zero-order valence-corrected chi connectivity index (χ0v) is 11.3. The van der Waals surface area contributed by atoms with E-state index in [1.807, 2.05) is 6.92 Å². The fourth-order valence-electron chi connectivity index (χ4n) is 2.71. The van der Waals surface area contributed by atoms with Crippen molar-refractivity contribution in [2.24, 2.45) is 17.8 Å². The van der Waals surface area contributed by atoms with Crippen molar-refractivity contribution in [3.8, 4) is 0 Å². The number of carboxylic acids is 1. The molecule has 0 aliphatic carbocycles. The molecular weight excluding hydrogens is 248 g/mol. The van der Waals surface area contributed by atoms with Crippen LogP contribution in [0.4, 0.5) is 0 Å². The Morgan fingerprint density at radius 1 is 1.37 bits per heavy atom. The largest absolute Gasteiger partial charge is 0.481 e. The minimum absolute atomic E-state index is 0.00172. The van der Waals surface area contributed by atoms with E-state index < -0.39 is 11.9 Å². The second-order valence-corrected chi connectivity index (χ2v) is 5.46. The molecule has 0 bridgehead atoms. The molecule has 2 unspecified atom stereocenters. The molecular formula is C13H20N2O4. The van der Waals surface area contributed by atoms with Gasteiger partial charge in [0, 0.05) is 38.5 Å². The van der Waals surface area contributed by atoms with Crippen molar-refractivity contribution in [3.63, 3.8) is 0 Å². The van der Waals surface area contributed by atoms with E-state index in [9.17, 15) is 14.4 Å². The van der Waals surface area contributed by atoms with E-state index in [0.717, 1.165) is 0 Å². The number of carboxylic acid groups (broad SMARTS) is 1. The Morgan fingerprint density at radius 3 is 2.47 bits per heavy atom. The highest BCUT2D eigenvalue weighted by atomic mass is 16.4. The summed E-state index contributed by atoms with van der Waals surface area (Å²) >= 11 is 0. The van der Waals surface area contributed by atoms with Gasteiger partial charge in [-0.1, -0.05) is 6.92 Å². The molecule has 1 N–H and O–H groups in total. The molecule has 2 aliphatic heterocycles. The number of amides is 2. The smallest absolute Gasteiger partial charge is 0.306 e. The molecule has 19 heavy (non-hydrogen) atoms. The standard InChI is InChI=1S/C13H20N2O4/c1-3-14-5-9(4-11(14)16)12(17)15-6-10(7-15)8(2)13(18)19/h8-10H,3-7H2,1-2H3,(H,18,19). The SMILES string of the molecule is CCN1CC(C(=O)N2CC(C(C)C(=O)O)C2)CC1=O. The number of hydrogen-bond donors (Lipinski definition) is 1. The van der Waals surface area contributed by atoms with Crippen LogP contribution >= 0.6 is 0 Å². The summed E-state index contributed by atoms with van der Waals surface area (Å²) in [4.78, 5) is 38.0. The molecule has 2 amide bonds. The van der Waals surface area contributed by atoms with Gasteiger partial charge in [-0.3, -0.25) is 14.4 Å². The van der Waals surface area contributed by atoms with Gasteiger partial charge in [-0.05, 0) is 6.92 Å². The zero-order valence-electron chi connectivity index (χ0n) is 11.3. The van der Waals surface area contributed by atoms with Crippen LogP contribution in [0.15, 0.2) is 0 Å². The van der Waals surface area contributed by atoms with Crippen LogP contribution in [0.5, 0.6) is 0 Å². The Bertz CT molecular complexity index is 403. The molecule has 2 rings (SSSR count). The van der Waals surface area contributed by atoms with Crippen LogP contribution in [0.25, 0.3) is 0 Å². The topological polar surface area (TPSA) is 77.9 Å². The molecule has 0 radical (unpaired) electrons. The molecule has 0 aromatic carbocycles. The highest BCUT2D eigenvalue weighted by Gasteiger charge is 2.42. The van der Waals surface area contributed by atoms with Crippen LogP contribution < -0.4 is 0 Å². The number of likely N-dealkylation sites (tertiary alicyclic amines) is 2. The predicted molar refractivity (Wildman–Crippen MR) is 67.2 cm³/mol. The molecule has 2 aliphatic rings. The Morgan fingerprint density at radius 2 is 2.00 bits per heavy atom. The van der Waals surface area contributed by atoms with Gasteiger partial charge in [0.2, 0.25) is 11.8 Å². The summed E-state index contributed by atoms with van der Waals surface area (Å²) in [5.74, 6) is -1.39. The number of carbonyl (C=O) groups is 3. The lowest BCUT2D eigenvalue weighted by Gasteiger charge is -2.42. The number of hydrogen-bond acceptors (Lipinski definition) is 3. The first-order valence-corrected chi connectivity index (χ1v) is 6.73. The summed E-state index contributed by atoms with van der Waals surface area (Å²) in [5.41, 5.74) is 0. The van der Waals surface area contributed by atoms with Crippen molar-refractivity contribution in [2.45, 2.75) is 20.3 Å². The Kier molecular flexibility index (Phi) is 3.78. The normalized spacial score (nSPS) is 25.4. The predicted octanol–water partition coefficient (Wildman–Crippen LogP) is 0.0339. The second kappa shape index (κ2) is 5.19. The van der Waals surface area contributed by atoms with Gasteiger partial charge in [0.25, 0.3) is 0 Å². The van der Waals surface area contributed by atoms with Crippen molar-refractivity contribution in [1.29, 1.82) is 0 Å². The van der Waals surface area contributed by atoms with Crippen LogP contribution in [0.1, 0.15) is 20.3 Å². The van der Waals surface area contributed by atoms with Crippen molar-refractivity contribution in [1.82, 2.24) is 9.80 Å². The summed E-state index contributed by atoms with van der Waals surface area (Å²) in [6.45, 7) is 5.73. The highest BCUT2D eigenvalue weighted by molar-refractivity contribution is 5.89. The molecule has 0 aromatic rings. The molecule has 2 saturated heterocycles. The Balaban J connectivity index is 1.84. The van der Waals surface area contributed by atoms with Crippen molar-refractivity contribution < 1.29 is 19.5 Å². The lowest BCUT2D eigenvalue weighted by molar-refractivity contribution is -0.152. The van der Waals surface area contributed by atoms with Crippen molar-refractivity contribution in [2.75, 3.05) is 26.2 Å².